The van der Waals surface area contributed by atoms with Crippen molar-refractivity contribution in [3.05, 3.63) is 91.0 Å². The highest BCUT2D eigenvalue weighted by Gasteiger charge is 2.44. The van der Waals surface area contributed by atoms with Gasteiger partial charge in [0, 0.05) is 6.42 Å². The SMILES string of the molecule is CCOC(=O)CCCCCCCCCC[P+](c1ccccc1)(c1ccccc1)c1ccccc1. The Morgan fingerprint density at radius 2 is 0.971 bits per heavy atom. The number of hydrogen-bond donors (Lipinski definition) is 0. The molecule has 0 unspecified atom stereocenters. The van der Waals surface area contributed by atoms with Gasteiger partial charge in [-0.05, 0) is 62.6 Å². The minimum atomic E-state index is -1.68. The molecular formula is C31H40O2P+. The number of carbonyl (C=O) groups is 1. The monoisotopic (exact) mass is 475 g/mol. The molecule has 180 valence electrons. The molecule has 0 bridgehead atoms. The van der Waals surface area contributed by atoms with Crippen LogP contribution in [0.3, 0.4) is 0 Å². The summed E-state index contributed by atoms with van der Waals surface area (Å²) in [5.41, 5.74) is 0. The molecule has 0 saturated carbocycles. The van der Waals surface area contributed by atoms with E-state index in [1.54, 1.807) is 0 Å². The van der Waals surface area contributed by atoms with E-state index in [4.69, 9.17) is 4.74 Å². The van der Waals surface area contributed by atoms with E-state index in [1.807, 2.05) is 6.92 Å². The Morgan fingerprint density at radius 1 is 0.588 bits per heavy atom. The minimum absolute atomic E-state index is 0.0513. The van der Waals surface area contributed by atoms with Crippen molar-refractivity contribution in [1.82, 2.24) is 0 Å². The van der Waals surface area contributed by atoms with Gasteiger partial charge in [0.05, 0.1) is 12.8 Å². The minimum Gasteiger partial charge on any atom is -0.466 e. The maximum atomic E-state index is 11.4. The van der Waals surface area contributed by atoms with Gasteiger partial charge >= 0.3 is 5.97 Å². The van der Waals surface area contributed by atoms with Gasteiger partial charge in [0.25, 0.3) is 0 Å². The molecule has 0 heterocycles. The van der Waals surface area contributed by atoms with Gasteiger partial charge in [-0.1, -0.05) is 86.7 Å². The lowest BCUT2D eigenvalue weighted by molar-refractivity contribution is -0.143. The fourth-order valence-electron chi connectivity index (χ4n) is 4.79. The summed E-state index contributed by atoms with van der Waals surface area (Å²) < 4.78 is 5.00. The first-order valence-electron chi connectivity index (χ1n) is 13.0. The molecule has 0 N–H and O–H groups in total. The average Bonchev–Trinajstić information content (AvgIpc) is 2.89. The van der Waals surface area contributed by atoms with Gasteiger partial charge in [0.2, 0.25) is 0 Å². The van der Waals surface area contributed by atoms with E-state index in [-0.39, 0.29) is 5.97 Å². The number of ether oxygens (including phenoxy) is 1. The number of benzene rings is 3. The summed E-state index contributed by atoms with van der Waals surface area (Å²) >= 11 is 0. The summed E-state index contributed by atoms with van der Waals surface area (Å²) in [6.07, 6.45) is 11.4. The van der Waals surface area contributed by atoms with Crippen molar-refractivity contribution in [2.45, 2.75) is 64.7 Å². The molecule has 0 aromatic heterocycles. The first-order chi connectivity index (χ1) is 16.8. The van der Waals surface area contributed by atoms with Crippen LogP contribution < -0.4 is 15.9 Å². The smallest absolute Gasteiger partial charge is 0.305 e. The zero-order chi connectivity index (χ0) is 23.9. The van der Waals surface area contributed by atoms with Crippen molar-refractivity contribution < 1.29 is 9.53 Å². The van der Waals surface area contributed by atoms with Crippen LogP contribution in [0.2, 0.25) is 0 Å². The van der Waals surface area contributed by atoms with Gasteiger partial charge in [-0.25, -0.2) is 0 Å². The maximum absolute atomic E-state index is 11.4. The lowest BCUT2D eigenvalue weighted by atomic mass is 10.1. The summed E-state index contributed by atoms with van der Waals surface area (Å²) in [4.78, 5) is 11.4. The number of esters is 1. The van der Waals surface area contributed by atoms with Crippen LogP contribution in [-0.4, -0.2) is 18.7 Å². The highest BCUT2D eigenvalue weighted by molar-refractivity contribution is 7.95. The average molecular weight is 476 g/mol. The summed E-state index contributed by atoms with van der Waals surface area (Å²) in [5.74, 6) is -0.0513. The summed E-state index contributed by atoms with van der Waals surface area (Å²) in [6, 6.07) is 33.6. The van der Waals surface area contributed by atoms with Crippen LogP contribution in [0.25, 0.3) is 0 Å². The van der Waals surface area contributed by atoms with Gasteiger partial charge in [0.15, 0.2) is 0 Å². The Morgan fingerprint density at radius 3 is 1.38 bits per heavy atom. The van der Waals surface area contributed by atoms with Crippen LogP contribution in [0, 0.1) is 0 Å². The molecule has 2 nitrogen and oxygen atoms in total. The third kappa shape index (κ3) is 7.54. The molecule has 0 saturated heterocycles. The molecule has 0 radical (unpaired) electrons. The van der Waals surface area contributed by atoms with Crippen LogP contribution in [0.5, 0.6) is 0 Å². The molecule has 0 amide bonds. The zero-order valence-electron chi connectivity index (χ0n) is 20.7. The summed E-state index contributed by atoms with van der Waals surface area (Å²) in [5, 5.41) is 4.44. The molecular weight excluding hydrogens is 435 g/mol. The van der Waals surface area contributed by atoms with Gasteiger partial charge in [0.1, 0.15) is 23.2 Å². The molecule has 0 fully saturated rings. The van der Waals surface area contributed by atoms with Crippen molar-refractivity contribution in [2.24, 2.45) is 0 Å². The molecule has 0 spiro atoms. The Balaban J connectivity index is 1.57. The Hall–Kier alpha value is -2.44. The van der Waals surface area contributed by atoms with E-state index in [1.165, 1.54) is 60.6 Å². The number of unbranched alkanes of at least 4 members (excludes halogenated alkanes) is 7. The molecule has 3 heteroatoms. The summed E-state index contributed by atoms with van der Waals surface area (Å²) in [7, 11) is -1.68. The van der Waals surface area contributed by atoms with Gasteiger partial charge in [-0.3, -0.25) is 4.79 Å². The Labute approximate surface area is 207 Å². The number of rotatable bonds is 15. The van der Waals surface area contributed by atoms with Gasteiger partial charge < -0.3 is 4.74 Å². The molecule has 0 aliphatic heterocycles. The maximum Gasteiger partial charge on any atom is 0.305 e. The molecule has 3 aromatic carbocycles. The Bertz CT molecular complexity index is 844. The van der Waals surface area contributed by atoms with Crippen molar-refractivity contribution >= 4 is 29.1 Å². The molecule has 34 heavy (non-hydrogen) atoms. The van der Waals surface area contributed by atoms with Crippen LogP contribution in [0.1, 0.15) is 64.7 Å². The third-order valence-electron chi connectivity index (χ3n) is 6.52. The van der Waals surface area contributed by atoms with Crippen molar-refractivity contribution in [2.75, 3.05) is 12.8 Å². The third-order valence-corrected chi connectivity index (χ3v) is 11.0. The summed E-state index contributed by atoms with van der Waals surface area (Å²) in [6.45, 7) is 2.35. The van der Waals surface area contributed by atoms with E-state index in [0.29, 0.717) is 13.0 Å². The second-order valence-corrected chi connectivity index (χ2v) is 12.5. The van der Waals surface area contributed by atoms with Crippen LogP contribution in [0.4, 0.5) is 0 Å². The van der Waals surface area contributed by atoms with Gasteiger partial charge in [-0.15, -0.1) is 0 Å². The van der Waals surface area contributed by atoms with Crippen LogP contribution in [-0.2, 0) is 9.53 Å². The molecule has 3 aromatic rings. The quantitative estimate of drug-likeness (QED) is 0.134. The Kier molecular flexibility index (Phi) is 11.3. The van der Waals surface area contributed by atoms with E-state index >= 15 is 0 Å². The molecule has 0 aliphatic carbocycles. The van der Waals surface area contributed by atoms with Crippen molar-refractivity contribution in [3.8, 4) is 0 Å². The molecule has 3 rings (SSSR count). The van der Waals surface area contributed by atoms with E-state index in [2.05, 4.69) is 91.0 Å². The predicted molar refractivity (Wildman–Crippen MR) is 148 cm³/mol. The highest BCUT2D eigenvalue weighted by Crippen LogP contribution is 2.55. The normalized spacial score (nSPS) is 11.3. The first kappa shape index (κ1) is 26.2. The highest BCUT2D eigenvalue weighted by atomic mass is 31.2. The fraction of sp³-hybridized carbons (Fsp3) is 0.387. The van der Waals surface area contributed by atoms with Crippen LogP contribution in [0.15, 0.2) is 91.0 Å². The molecule has 0 aliphatic rings. The first-order valence-corrected chi connectivity index (χ1v) is 15.0. The van der Waals surface area contributed by atoms with E-state index < -0.39 is 7.26 Å². The fourth-order valence-corrected chi connectivity index (χ4v) is 9.20. The van der Waals surface area contributed by atoms with Crippen molar-refractivity contribution in [3.63, 3.8) is 0 Å². The van der Waals surface area contributed by atoms with E-state index in [0.717, 1.165) is 12.8 Å². The molecule has 0 atom stereocenters. The van der Waals surface area contributed by atoms with Gasteiger partial charge in [-0.2, -0.15) is 0 Å². The largest absolute Gasteiger partial charge is 0.466 e. The van der Waals surface area contributed by atoms with Crippen molar-refractivity contribution in [1.29, 1.82) is 0 Å². The predicted octanol–water partition coefficient (Wildman–Crippen LogP) is 7.05. The topological polar surface area (TPSA) is 26.3 Å². The lowest BCUT2D eigenvalue weighted by Gasteiger charge is -2.27. The lowest BCUT2D eigenvalue weighted by Crippen LogP contribution is -2.33. The number of hydrogen-bond acceptors (Lipinski definition) is 2. The second kappa shape index (κ2) is 14.7. The number of carbonyl (C=O) groups excluding carboxylic acids is 1. The van der Waals surface area contributed by atoms with E-state index in [9.17, 15) is 4.79 Å². The van der Waals surface area contributed by atoms with Crippen LogP contribution >= 0.6 is 7.26 Å². The second-order valence-electron chi connectivity index (χ2n) is 8.92. The zero-order valence-corrected chi connectivity index (χ0v) is 21.6. The standard InChI is InChI=1S/C31H40O2P/c1-2-33-31(32)26-18-7-5-3-4-6-8-19-27-34(28-20-12-9-13-21-28,29-22-14-10-15-23-29)30-24-16-11-17-25-30/h9-17,20-25H,2-8,18-19,26-27H2,1H3/q+1.